The third kappa shape index (κ3) is 3.03. The number of benzene rings is 1. The molecule has 24 heavy (non-hydrogen) atoms. The Morgan fingerprint density at radius 2 is 2.04 bits per heavy atom. The average Bonchev–Trinajstić information content (AvgIpc) is 3.24. The zero-order valence-electron chi connectivity index (χ0n) is 12.9. The van der Waals surface area contributed by atoms with Crippen LogP contribution in [-0.4, -0.2) is 38.9 Å². The summed E-state index contributed by atoms with van der Waals surface area (Å²) in [6.07, 6.45) is 1.89. The summed E-state index contributed by atoms with van der Waals surface area (Å²) in [6, 6.07) is 13.6. The summed E-state index contributed by atoms with van der Waals surface area (Å²) in [5.74, 6) is 0.900. The lowest BCUT2D eigenvalue weighted by Gasteiger charge is -2.38. The van der Waals surface area contributed by atoms with Crippen LogP contribution in [0.5, 0.6) is 5.75 Å². The molecule has 3 aromatic rings. The van der Waals surface area contributed by atoms with Crippen molar-refractivity contribution >= 4 is 17.2 Å². The molecule has 0 N–H and O–H groups in total. The Kier molecular flexibility index (Phi) is 4.00. The highest BCUT2D eigenvalue weighted by atomic mass is 32.1. The van der Waals surface area contributed by atoms with E-state index in [1.54, 1.807) is 0 Å². The van der Waals surface area contributed by atoms with E-state index in [-0.39, 0.29) is 11.9 Å². The monoisotopic (exact) mass is 340 g/mol. The van der Waals surface area contributed by atoms with Gasteiger partial charge in [0.25, 0.3) is 5.91 Å². The molecule has 0 radical (unpaired) electrons. The quantitative estimate of drug-likeness (QED) is 0.716. The highest BCUT2D eigenvalue weighted by Gasteiger charge is 2.33. The first kappa shape index (κ1) is 14.9. The molecule has 1 aliphatic heterocycles. The van der Waals surface area contributed by atoms with Crippen LogP contribution in [0.3, 0.4) is 0 Å². The summed E-state index contributed by atoms with van der Waals surface area (Å²) in [6.45, 7) is 1.72. The number of carbonyl (C=O) groups is 1. The van der Waals surface area contributed by atoms with Gasteiger partial charge in [-0.15, -0.1) is 16.4 Å². The maximum Gasteiger partial charge on any atom is 0.264 e. The van der Waals surface area contributed by atoms with Crippen LogP contribution >= 0.6 is 11.3 Å². The van der Waals surface area contributed by atoms with E-state index in [2.05, 4.69) is 10.3 Å². The van der Waals surface area contributed by atoms with Crippen LogP contribution in [0.2, 0.25) is 0 Å². The van der Waals surface area contributed by atoms with Crippen LogP contribution in [0.15, 0.2) is 54.0 Å². The lowest BCUT2D eigenvalue weighted by Crippen LogP contribution is -2.50. The molecule has 3 heterocycles. The number of para-hydroxylation sites is 1. The van der Waals surface area contributed by atoms with Gasteiger partial charge in [-0.2, -0.15) is 0 Å². The number of hydrogen-bond acceptors (Lipinski definition) is 5. The Bertz CT molecular complexity index is 810. The number of carbonyl (C=O) groups excluding carboxylic acids is 1. The zero-order valence-corrected chi connectivity index (χ0v) is 13.7. The van der Waals surface area contributed by atoms with Crippen LogP contribution in [0.25, 0.3) is 0 Å². The first-order chi connectivity index (χ1) is 11.8. The Balaban J connectivity index is 1.31. The number of aromatic nitrogens is 3. The number of nitrogens with zero attached hydrogens (tertiary/aromatic N) is 4. The molecule has 4 rings (SSSR count). The summed E-state index contributed by atoms with van der Waals surface area (Å²) in [4.78, 5) is 14.8. The minimum Gasteiger partial charge on any atom is -0.487 e. The SMILES string of the molecule is O=C(c1cccs1)N1CC(n2cc(COc3ccccc3)nn2)C1. The van der Waals surface area contributed by atoms with Gasteiger partial charge in [-0.1, -0.05) is 29.5 Å². The maximum absolute atomic E-state index is 12.2. The molecule has 1 aromatic carbocycles. The van der Waals surface area contributed by atoms with Crippen LogP contribution < -0.4 is 4.74 Å². The molecule has 1 amide bonds. The fraction of sp³-hybridized carbons (Fsp3) is 0.235. The van der Waals surface area contributed by atoms with Crippen molar-refractivity contribution in [2.45, 2.75) is 12.6 Å². The van der Waals surface area contributed by atoms with Crippen molar-refractivity contribution in [1.29, 1.82) is 0 Å². The van der Waals surface area contributed by atoms with Crippen molar-refractivity contribution in [3.63, 3.8) is 0 Å². The molecule has 0 unspecified atom stereocenters. The molecule has 2 aromatic heterocycles. The predicted octanol–water partition coefficient (Wildman–Crippen LogP) is 2.62. The van der Waals surface area contributed by atoms with Gasteiger partial charge in [0, 0.05) is 13.1 Å². The van der Waals surface area contributed by atoms with Gasteiger partial charge in [-0.25, -0.2) is 4.68 Å². The van der Waals surface area contributed by atoms with E-state index in [0.29, 0.717) is 19.7 Å². The molecule has 0 saturated carbocycles. The van der Waals surface area contributed by atoms with E-state index in [4.69, 9.17) is 4.74 Å². The minimum atomic E-state index is 0.0917. The number of ether oxygens (including phenoxy) is 1. The predicted molar refractivity (Wildman–Crippen MR) is 90.1 cm³/mol. The van der Waals surface area contributed by atoms with Crippen molar-refractivity contribution in [2.75, 3.05) is 13.1 Å². The molecular formula is C17H16N4O2S. The Morgan fingerprint density at radius 1 is 1.21 bits per heavy atom. The zero-order chi connectivity index (χ0) is 16.4. The minimum absolute atomic E-state index is 0.0917. The van der Waals surface area contributed by atoms with Gasteiger partial charge < -0.3 is 9.64 Å². The normalized spacial score (nSPS) is 14.4. The second-order valence-corrected chi connectivity index (χ2v) is 6.58. The van der Waals surface area contributed by atoms with Crippen LogP contribution in [0.4, 0.5) is 0 Å². The number of amides is 1. The fourth-order valence-corrected chi connectivity index (χ4v) is 3.27. The van der Waals surface area contributed by atoms with E-state index in [1.807, 2.05) is 63.6 Å². The Morgan fingerprint density at radius 3 is 2.79 bits per heavy atom. The molecule has 0 bridgehead atoms. The number of thiophene rings is 1. The first-order valence-corrected chi connectivity index (χ1v) is 8.59. The van der Waals surface area contributed by atoms with Crippen LogP contribution in [0.1, 0.15) is 21.4 Å². The topological polar surface area (TPSA) is 60.2 Å². The highest BCUT2D eigenvalue weighted by Crippen LogP contribution is 2.24. The van der Waals surface area contributed by atoms with Crippen LogP contribution in [0, 0.1) is 0 Å². The molecule has 0 aliphatic carbocycles. The molecule has 122 valence electrons. The van der Waals surface area contributed by atoms with E-state index in [1.165, 1.54) is 11.3 Å². The van der Waals surface area contributed by atoms with Gasteiger partial charge in [0.05, 0.1) is 17.1 Å². The highest BCUT2D eigenvalue weighted by molar-refractivity contribution is 7.12. The second kappa shape index (κ2) is 6.45. The smallest absolute Gasteiger partial charge is 0.264 e. The van der Waals surface area contributed by atoms with E-state index >= 15 is 0 Å². The van der Waals surface area contributed by atoms with E-state index in [9.17, 15) is 4.79 Å². The lowest BCUT2D eigenvalue weighted by molar-refractivity contribution is 0.0503. The van der Waals surface area contributed by atoms with Gasteiger partial charge in [0.2, 0.25) is 0 Å². The van der Waals surface area contributed by atoms with Gasteiger partial charge >= 0.3 is 0 Å². The fourth-order valence-electron chi connectivity index (χ4n) is 2.58. The maximum atomic E-state index is 12.2. The Labute approximate surface area is 143 Å². The molecule has 0 atom stereocenters. The number of likely N-dealkylation sites (tertiary alicyclic amines) is 1. The number of hydrogen-bond donors (Lipinski definition) is 0. The summed E-state index contributed by atoms with van der Waals surface area (Å²) in [5, 5.41) is 10.2. The van der Waals surface area contributed by atoms with E-state index < -0.39 is 0 Å². The van der Waals surface area contributed by atoms with Gasteiger partial charge in [-0.05, 0) is 23.6 Å². The summed E-state index contributed by atoms with van der Waals surface area (Å²) >= 11 is 1.47. The number of rotatable bonds is 5. The van der Waals surface area contributed by atoms with Crippen molar-refractivity contribution < 1.29 is 9.53 Å². The van der Waals surface area contributed by atoms with Crippen molar-refractivity contribution in [3.8, 4) is 5.75 Å². The Hall–Kier alpha value is -2.67. The lowest BCUT2D eigenvalue weighted by atomic mass is 10.1. The molecule has 1 fully saturated rings. The van der Waals surface area contributed by atoms with Crippen LogP contribution in [-0.2, 0) is 6.61 Å². The van der Waals surface area contributed by atoms with Crippen molar-refractivity contribution in [3.05, 3.63) is 64.6 Å². The third-order valence-electron chi connectivity index (χ3n) is 3.94. The van der Waals surface area contributed by atoms with Crippen molar-refractivity contribution in [2.24, 2.45) is 0 Å². The third-order valence-corrected chi connectivity index (χ3v) is 4.80. The largest absolute Gasteiger partial charge is 0.487 e. The standard InChI is InChI=1S/C17H16N4O2S/c22-17(16-7-4-8-24-16)20-10-14(11-20)21-9-13(18-19-21)12-23-15-5-2-1-3-6-15/h1-9,14H,10-12H2. The molecule has 0 spiro atoms. The van der Waals surface area contributed by atoms with E-state index in [0.717, 1.165) is 16.3 Å². The molecule has 1 saturated heterocycles. The molecule has 6 nitrogen and oxygen atoms in total. The summed E-state index contributed by atoms with van der Waals surface area (Å²) in [5.41, 5.74) is 0.780. The second-order valence-electron chi connectivity index (χ2n) is 5.63. The molecular weight excluding hydrogens is 324 g/mol. The van der Waals surface area contributed by atoms with Gasteiger partial charge in [0.1, 0.15) is 18.1 Å². The van der Waals surface area contributed by atoms with Crippen molar-refractivity contribution in [1.82, 2.24) is 19.9 Å². The average molecular weight is 340 g/mol. The van der Waals surface area contributed by atoms with Gasteiger partial charge in [-0.3, -0.25) is 4.79 Å². The van der Waals surface area contributed by atoms with Gasteiger partial charge in [0.15, 0.2) is 0 Å². The summed E-state index contributed by atoms with van der Waals surface area (Å²) < 4.78 is 7.49. The first-order valence-electron chi connectivity index (χ1n) is 7.71. The molecule has 7 heteroatoms. The molecule has 1 aliphatic rings. The summed E-state index contributed by atoms with van der Waals surface area (Å²) in [7, 11) is 0.